The van der Waals surface area contributed by atoms with Crippen LogP contribution in [-0.4, -0.2) is 56.7 Å². The molecule has 1 aromatic heterocycles. The summed E-state index contributed by atoms with van der Waals surface area (Å²) < 4.78 is 44.9. The molecule has 0 bridgehead atoms. The number of halogens is 4. The number of alkyl halides is 3. The molecule has 3 rings (SSSR count). The molecular weight excluding hydrogens is 522 g/mol. The number of benzene rings is 1. The van der Waals surface area contributed by atoms with E-state index in [-0.39, 0.29) is 24.0 Å². The predicted molar refractivity (Wildman–Crippen MR) is 126 cm³/mol. The summed E-state index contributed by atoms with van der Waals surface area (Å²) in [6, 6.07) is 9.18. The molecule has 1 N–H and O–H groups in total. The van der Waals surface area contributed by atoms with Crippen LogP contribution in [0.5, 0.6) is 0 Å². The van der Waals surface area contributed by atoms with E-state index < -0.39 is 17.8 Å². The van der Waals surface area contributed by atoms with Crippen molar-refractivity contribution in [2.24, 2.45) is 4.99 Å². The Morgan fingerprint density at radius 3 is 2.74 bits per heavy atom. The Hall–Kier alpha value is -2.08. The molecule has 1 saturated heterocycles. The van der Waals surface area contributed by atoms with E-state index >= 15 is 0 Å². The normalized spacial score (nSPS) is 17.2. The van der Waals surface area contributed by atoms with Crippen LogP contribution in [0.3, 0.4) is 0 Å². The molecule has 1 aromatic carbocycles. The Bertz CT molecular complexity index is 891. The predicted octanol–water partition coefficient (Wildman–Crippen LogP) is 3.93. The molecule has 1 atom stereocenters. The zero-order valence-electron chi connectivity index (χ0n) is 17.7. The van der Waals surface area contributed by atoms with Gasteiger partial charge in [0.25, 0.3) is 0 Å². The van der Waals surface area contributed by atoms with Crippen molar-refractivity contribution in [3.63, 3.8) is 0 Å². The number of hydrogen-bond acceptors (Lipinski definition) is 4. The zero-order valence-corrected chi connectivity index (χ0v) is 20.0. The highest BCUT2D eigenvalue weighted by Gasteiger charge is 2.32. The van der Waals surface area contributed by atoms with Gasteiger partial charge in [-0.05, 0) is 23.8 Å². The van der Waals surface area contributed by atoms with Crippen LogP contribution in [0.25, 0.3) is 0 Å². The number of morpholine rings is 1. The molecule has 0 amide bonds. The van der Waals surface area contributed by atoms with Gasteiger partial charge in [0.05, 0.1) is 18.7 Å². The molecule has 1 aliphatic heterocycles. The van der Waals surface area contributed by atoms with Gasteiger partial charge in [-0.25, -0.2) is 4.98 Å². The fraction of sp³-hybridized carbons (Fsp3) is 0.429. The lowest BCUT2D eigenvalue weighted by Gasteiger charge is -2.35. The molecule has 0 spiro atoms. The standard InChI is InChI=1S/C21H26F3N5O.HI/c1-25-20(27-13-16-7-5-9-26-19(16)28(2)3)29-10-11-30-18(14-29)15-6-4-8-17(12-15)21(22,23)24;/h4-9,12,18H,10-11,13-14H2,1-3H3,(H,25,27);1H. The van der Waals surface area contributed by atoms with Gasteiger partial charge in [0, 0.05) is 46.0 Å². The van der Waals surface area contributed by atoms with Crippen molar-refractivity contribution in [3.8, 4) is 0 Å². The minimum absolute atomic E-state index is 0. The molecule has 1 aliphatic rings. The molecule has 2 heterocycles. The van der Waals surface area contributed by atoms with E-state index in [4.69, 9.17) is 4.74 Å². The van der Waals surface area contributed by atoms with Gasteiger partial charge in [-0.2, -0.15) is 13.2 Å². The number of rotatable bonds is 4. The maximum atomic E-state index is 13.1. The summed E-state index contributed by atoms with van der Waals surface area (Å²) in [5.41, 5.74) is 0.856. The minimum Gasteiger partial charge on any atom is -0.370 e. The first-order valence-corrected chi connectivity index (χ1v) is 9.65. The summed E-state index contributed by atoms with van der Waals surface area (Å²) in [4.78, 5) is 12.7. The fourth-order valence-electron chi connectivity index (χ4n) is 3.44. The van der Waals surface area contributed by atoms with Crippen molar-refractivity contribution >= 4 is 35.8 Å². The minimum atomic E-state index is -4.38. The summed E-state index contributed by atoms with van der Waals surface area (Å²) in [7, 11) is 5.55. The lowest BCUT2D eigenvalue weighted by molar-refractivity contribution is -0.137. The highest BCUT2D eigenvalue weighted by atomic mass is 127. The van der Waals surface area contributed by atoms with E-state index in [1.165, 1.54) is 6.07 Å². The highest BCUT2D eigenvalue weighted by Crippen LogP contribution is 2.32. The van der Waals surface area contributed by atoms with E-state index in [0.717, 1.165) is 23.5 Å². The third-order valence-electron chi connectivity index (χ3n) is 4.89. The topological polar surface area (TPSA) is 53.0 Å². The van der Waals surface area contributed by atoms with Gasteiger partial charge >= 0.3 is 6.18 Å². The smallest absolute Gasteiger partial charge is 0.370 e. The Kier molecular flexibility index (Phi) is 8.92. The highest BCUT2D eigenvalue weighted by molar-refractivity contribution is 14.0. The first-order chi connectivity index (χ1) is 14.3. The Labute approximate surface area is 197 Å². The van der Waals surface area contributed by atoms with Crippen LogP contribution in [0.1, 0.15) is 22.8 Å². The van der Waals surface area contributed by atoms with Crippen molar-refractivity contribution < 1.29 is 17.9 Å². The maximum Gasteiger partial charge on any atom is 0.416 e. The van der Waals surface area contributed by atoms with E-state index in [0.29, 0.717) is 37.8 Å². The number of aliphatic imine (C=N–C) groups is 1. The van der Waals surface area contributed by atoms with Crippen molar-refractivity contribution in [1.82, 2.24) is 15.2 Å². The Morgan fingerprint density at radius 1 is 1.29 bits per heavy atom. The van der Waals surface area contributed by atoms with Gasteiger partial charge in [-0.15, -0.1) is 24.0 Å². The van der Waals surface area contributed by atoms with Crippen molar-refractivity contribution in [2.75, 3.05) is 45.7 Å². The molecule has 10 heteroatoms. The molecule has 1 unspecified atom stereocenters. The van der Waals surface area contributed by atoms with E-state index in [9.17, 15) is 13.2 Å². The van der Waals surface area contributed by atoms with Gasteiger partial charge in [-0.1, -0.05) is 18.2 Å². The molecular formula is C21H27F3IN5O. The monoisotopic (exact) mass is 549 g/mol. The van der Waals surface area contributed by atoms with Crippen LogP contribution in [0.2, 0.25) is 0 Å². The van der Waals surface area contributed by atoms with Gasteiger partial charge in [0.15, 0.2) is 5.96 Å². The Morgan fingerprint density at radius 2 is 2.06 bits per heavy atom. The molecule has 1 fully saturated rings. The third kappa shape index (κ3) is 6.45. The number of nitrogens with one attached hydrogen (secondary N) is 1. The summed E-state index contributed by atoms with van der Waals surface area (Å²) in [5.74, 6) is 1.54. The van der Waals surface area contributed by atoms with Gasteiger partial charge in [-0.3, -0.25) is 4.99 Å². The van der Waals surface area contributed by atoms with Gasteiger partial charge in [0.1, 0.15) is 11.9 Å². The largest absolute Gasteiger partial charge is 0.416 e. The summed E-state index contributed by atoms with van der Waals surface area (Å²) in [6.07, 6.45) is -3.10. The Balaban J connectivity index is 0.00000341. The zero-order chi connectivity index (χ0) is 21.7. The van der Waals surface area contributed by atoms with E-state index in [1.807, 2.05) is 36.0 Å². The quantitative estimate of drug-likeness (QED) is 0.356. The van der Waals surface area contributed by atoms with Crippen molar-refractivity contribution in [1.29, 1.82) is 0 Å². The summed E-state index contributed by atoms with van der Waals surface area (Å²) >= 11 is 0. The number of guanidine groups is 1. The fourth-order valence-corrected chi connectivity index (χ4v) is 3.44. The average Bonchev–Trinajstić information content (AvgIpc) is 2.74. The van der Waals surface area contributed by atoms with Crippen LogP contribution in [0, 0.1) is 0 Å². The first kappa shape index (κ1) is 25.2. The summed E-state index contributed by atoms with van der Waals surface area (Å²) in [6.45, 7) is 1.94. The summed E-state index contributed by atoms with van der Waals surface area (Å²) in [5, 5.41) is 3.33. The molecule has 31 heavy (non-hydrogen) atoms. The van der Waals surface area contributed by atoms with Crippen LogP contribution in [0.15, 0.2) is 47.6 Å². The molecule has 0 aliphatic carbocycles. The van der Waals surface area contributed by atoms with Crippen LogP contribution in [-0.2, 0) is 17.5 Å². The second-order valence-electron chi connectivity index (χ2n) is 7.21. The number of nitrogens with zero attached hydrogens (tertiary/aromatic N) is 4. The van der Waals surface area contributed by atoms with Gasteiger partial charge < -0.3 is 19.9 Å². The molecule has 0 radical (unpaired) electrons. The lowest BCUT2D eigenvalue weighted by atomic mass is 10.0. The van der Waals surface area contributed by atoms with Crippen LogP contribution < -0.4 is 10.2 Å². The third-order valence-corrected chi connectivity index (χ3v) is 4.89. The number of ether oxygens (including phenoxy) is 1. The van der Waals surface area contributed by atoms with Crippen molar-refractivity contribution in [3.05, 3.63) is 59.3 Å². The lowest BCUT2D eigenvalue weighted by Crippen LogP contribution is -2.48. The SMILES string of the molecule is CN=C(NCc1cccnc1N(C)C)N1CCOC(c2cccc(C(F)(F)F)c2)C1.I. The molecule has 2 aromatic rings. The second kappa shape index (κ2) is 11.0. The van der Waals surface area contributed by atoms with Crippen LogP contribution in [0.4, 0.5) is 19.0 Å². The van der Waals surface area contributed by atoms with Gasteiger partial charge in [0.2, 0.25) is 0 Å². The molecule has 170 valence electrons. The maximum absolute atomic E-state index is 13.1. The number of pyridine rings is 1. The van der Waals surface area contributed by atoms with E-state index in [1.54, 1.807) is 19.3 Å². The second-order valence-corrected chi connectivity index (χ2v) is 7.21. The van der Waals surface area contributed by atoms with Crippen LogP contribution >= 0.6 is 24.0 Å². The van der Waals surface area contributed by atoms with E-state index in [2.05, 4.69) is 15.3 Å². The van der Waals surface area contributed by atoms with Crippen molar-refractivity contribution in [2.45, 2.75) is 18.8 Å². The first-order valence-electron chi connectivity index (χ1n) is 9.65. The molecule has 6 nitrogen and oxygen atoms in total. The number of anilines is 1. The number of aromatic nitrogens is 1. The number of hydrogen-bond donors (Lipinski definition) is 1. The average molecular weight is 549 g/mol. The molecule has 0 saturated carbocycles.